The summed E-state index contributed by atoms with van der Waals surface area (Å²) in [5, 5.41) is 5.09. The Morgan fingerprint density at radius 2 is 2.05 bits per heavy atom. The second-order valence-corrected chi connectivity index (χ2v) is 4.67. The third kappa shape index (κ3) is 3.82. The van der Waals surface area contributed by atoms with Crippen LogP contribution >= 0.6 is 0 Å². The minimum Gasteiger partial charge on any atom is -0.399 e. The quantitative estimate of drug-likeness (QED) is 0.710. The van der Waals surface area contributed by atoms with Crippen LogP contribution < -0.4 is 22.2 Å². The maximum absolute atomic E-state index is 11.9. The van der Waals surface area contributed by atoms with E-state index in [9.17, 15) is 14.4 Å². The van der Waals surface area contributed by atoms with Gasteiger partial charge < -0.3 is 11.1 Å². The fourth-order valence-corrected chi connectivity index (χ4v) is 1.83. The second kappa shape index (κ2) is 6.08. The van der Waals surface area contributed by atoms with Gasteiger partial charge >= 0.3 is 0 Å². The maximum Gasteiger partial charge on any atom is 0.265 e. The number of nitrogens with two attached hydrogens (primary N) is 1. The van der Waals surface area contributed by atoms with Crippen molar-refractivity contribution >= 4 is 17.3 Å². The van der Waals surface area contributed by atoms with Crippen molar-refractivity contribution in [1.29, 1.82) is 0 Å². The summed E-state index contributed by atoms with van der Waals surface area (Å²) in [5.41, 5.74) is 7.00. The molecular formula is C14H16N4O3. The molecule has 1 amide bonds. The van der Waals surface area contributed by atoms with Gasteiger partial charge in [0.05, 0.1) is 6.54 Å². The van der Waals surface area contributed by atoms with E-state index in [1.54, 1.807) is 12.1 Å². The topological polar surface area (TPSA) is 110 Å². The Balaban J connectivity index is 2.02. The monoisotopic (exact) mass is 288 g/mol. The van der Waals surface area contributed by atoms with Gasteiger partial charge in [0.1, 0.15) is 0 Å². The smallest absolute Gasteiger partial charge is 0.265 e. The van der Waals surface area contributed by atoms with E-state index in [4.69, 9.17) is 5.73 Å². The third-order valence-electron chi connectivity index (χ3n) is 2.99. The summed E-state index contributed by atoms with van der Waals surface area (Å²) in [5.74, 6) is -0.264. The number of nitrogens with one attached hydrogen (secondary N) is 2. The molecule has 0 saturated carbocycles. The Morgan fingerprint density at radius 3 is 2.81 bits per heavy atom. The Morgan fingerprint density at radius 1 is 1.29 bits per heavy atom. The van der Waals surface area contributed by atoms with E-state index >= 15 is 0 Å². The van der Waals surface area contributed by atoms with Crippen LogP contribution in [0, 0.1) is 6.92 Å². The highest BCUT2D eigenvalue weighted by atomic mass is 16.2. The molecule has 2 rings (SSSR count). The minimum atomic E-state index is -0.387. The zero-order chi connectivity index (χ0) is 15.4. The molecule has 2 aromatic rings. The van der Waals surface area contributed by atoms with E-state index in [0.717, 1.165) is 16.3 Å². The first-order valence-corrected chi connectivity index (χ1v) is 6.42. The molecule has 1 heterocycles. The first-order valence-electron chi connectivity index (χ1n) is 6.42. The fourth-order valence-electron chi connectivity index (χ4n) is 1.83. The van der Waals surface area contributed by atoms with Crippen molar-refractivity contribution in [1.82, 2.24) is 9.78 Å². The third-order valence-corrected chi connectivity index (χ3v) is 2.99. The summed E-state index contributed by atoms with van der Waals surface area (Å²) in [6, 6.07) is 7.54. The first-order chi connectivity index (χ1) is 9.95. The molecule has 0 aliphatic heterocycles. The molecule has 0 spiro atoms. The lowest BCUT2D eigenvalue weighted by Gasteiger charge is -2.09. The van der Waals surface area contributed by atoms with Gasteiger partial charge in [-0.15, -0.1) is 0 Å². The van der Waals surface area contributed by atoms with Crippen LogP contribution in [0.2, 0.25) is 0 Å². The van der Waals surface area contributed by atoms with E-state index in [-0.39, 0.29) is 30.0 Å². The molecule has 1 aromatic heterocycles. The zero-order valence-electron chi connectivity index (χ0n) is 11.6. The van der Waals surface area contributed by atoms with Crippen LogP contribution in [0.3, 0.4) is 0 Å². The number of hydrogen-bond acceptors (Lipinski definition) is 4. The molecule has 0 bridgehead atoms. The van der Waals surface area contributed by atoms with E-state index in [0.29, 0.717) is 11.4 Å². The molecule has 7 heteroatoms. The number of aromatic amines is 1. The highest BCUT2D eigenvalue weighted by Gasteiger charge is 2.06. The van der Waals surface area contributed by atoms with Crippen LogP contribution in [0.4, 0.5) is 11.4 Å². The number of rotatable bonds is 4. The van der Waals surface area contributed by atoms with Gasteiger partial charge in [0, 0.05) is 29.9 Å². The van der Waals surface area contributed by atoms with Crippen molar-refractivity contribution in [3.8, 4) is 0 Å². The van der Waals surface area contributed by atoms with Gasteiger partial charge in [-0.3, -0.25) is 19.5 Å². The molecule has 0 aliphatic rings. The number of hydrogen-bond donors (Lipinski definition) is 3. The van der Waals surface area contributed by atoms with Crippen LogP contribution in [0.25, 0.3) is 0 Å². The van der Waals surface area contributed by atoms with Crippen LogP contribution in [0.1, 0.15) is 12.0 Å². The standard InChI is InChI=1S/C14H16N4O3/c1-9-2-3-10(15)8-11(9)16-12(19)6-7-18-14(21)5-4-13(20)17-18/h2-5,8H,6-7,15H2,1H3,(H,16,19)(H,17,20). The van der Waals surface area contributed by atoms with Gasteiger partial charge in [0.25, 0.3) is 11.1 Å². The number of carbonyl (C=O) groups is 1. The number of carbonyl (C=O) groups excluding carboxylic acids is 1. The normalized spacial score (nSPS) is 10.3. The zero-order valence-corrected chi connectivity index (χ0v) is 11.6. The van der Waals surface area contributed by atoms with Gasteiger partial charge in [-0.1, -0.05) is 6.07 Å². The number of amides is 1. The number of aromatic nitrogens is 2. The molecule has 1 aromatic carbocycles. The molecule has 0 saturated heterocycles. The van der Waals surface area contributed by atoms with E-state index in [1.165, 1.54) is 6.07 Å². The number of benzene rings is 1. The Hall–Kier alpha value is -2.83. The number of nitrogens with zero attached hydrogens (tertiary/aromatic N) is 1. The van der Waals surface area contributed by atoms with Gasteiger partial charge in [-0.2, -0.15) is 0 Å². The molecule has 0 unspecified atom stereocenters. The number of H-pyrrole nitrogens is 1. The van der Waals surface area contributed by atoms with Crippen molar-refractivity contribution < 1.29 is 4.79 Å². The molecule has 0 radical (unpaired) electrons. The molecule has 0 atom stereocenters. The first kappa shape index (κ1) is 14.6. The fraction of sp³-hybridized carbons (Fsp3) is 0.214. The van der Waals surface area contributed by atoms with Crippen molar-refractivity contribution in [3.63, 3.8) is 0 Å². The minimum absolute atomic E-state index is 0.0636. The molecule has 0 aliphatic carbocycles. The van der Waals surface area contributed by atoms with Crippen LogP contribution in [-0.4, -0.2) is 15.7 Å². The van der Waals surface area contributed by atoms with E-state index < -0.39 is 0 Å². The summed E-state index contributed by atoms with van der Waals surface area (Å²) in [7, 11) is 0. The lowest BCUT2D eigenvalue weighted by molar-refractivity contribution is -0.116. The predicted molar refractivity (Wildman–Crippen MR) is 80.2 cm³/mol. The summed E-state index contributed by atoms with van der Waals surface area (Å²) in [6.07, 6.45) is 0.0636. The number of aryl methyl sites for hydroxylation is 2. The molecule has 110 valence electrons. The average molecular weight is 288 g/mol. The van der Waals surface area contributed by atoms with Crippen molar-refractivity contribution in [2.24, 2.45) is 0 Å². The summed E-state index contributed by atoms with van der Waals surface area (Å²) in [6.45, 7) is 1.95. The van der Waals surface area contributed by atoms with Crippen molar-refractivity contribution in [2.75, 3.05) is 11.1 Å². The van der Waals surface area contributed by atoms with Gasteiger partial charge in [0.2, 0.25) is 5.91 Å². The van der Waals surface area contributed by atoms with Gasteiger partial charge in [-0.25, -0.2) is 4.68 Å². The number of anilines is 2. The molecule has 0 fully saturated rings. The Bertz CT molecular complexity index is 776. The number of nitrogen functional groups attached to an aromatic ring is 1. The lowest BCUT2D eigenvalue weighted by Crippen LogP contribution is -2.29. The van der Waals surface area contributed by atoms with Crippen LogP contribution in [0.5, 0.6) is 0 Å². The highest BCUT2D eigenvalue weighted by molar-refractivity contribution is 5.91. The Kier molecular flexibility index (Phi) is 4.22. The maximum atomic E-state index is 11.9. The van der Waals surface area contributed by atoms with Gasteiger partial charge in [-0.05, 0) is 24.6 Å². The highest BCUT2D eigenvalue weighted by Crippen LogP contribution is 2.18. The second-order valence-electron chi connectivity index (χ2n) is 4.67. The summed E-state index contributed by atoms with van der Waals surface area (Å²) < 4.78 is 1.11. The summed E-state index contributed by atoms with van der Waals surface area (Å²) >= 11 is 0. The SMILES string of the molecule is Cc1ccc(N)cc1NC(=O)CCn1[nH]c(=O)ccc1=O. The van der Waals surface area contributed by atoms with Gasteiger partial charge in [0.15, 0.2) is 0 Å². The molecule has 4 N–H and O–H groups in total. The average Bonchev–Trinajstić information content (AvgIpc) is 2.44. The lowest BCUT2D eigenvalue weighted by atomic mass is 10.2. The van der Waals surface area contributed by atoms with Crippen molar-refractivity contribution in [3.05, 3.63) is 56.6 Å². The van der Waals surface area contributed by atoms with Crippen molar-refractivity contribution in [2.45, 2.75) is 19.9 Å². The van der Waals surface area contributed by atoms with Crippen LogP contribution in [0.15, 0.2) is 39.9 Å². The Labute approximate surface area is 120 Å². The van der Waals surface area contributed by atoms with E-state index in [2.05, 4.69) is 10.4 Å². The van der Waals surface area contributed by atoms with E-state index in [1.807, 2.05) is 13.0 Å². The largest absolute Gasteiger partial charge is 0.399 e. The molecule has 7 nitrogen and oxygen atoms in total. The molecule has 21 heavy (non-hydrogen) atoms. The summed E-state index contributed by atoms with van der Waals surface area (Å²) in [4.78, 5) is 34.5. The predicted octanol–water partition coefficient (Wildman–Crippen LogP) is 0.456. The van der Waals surface area contributed by atoms with Crippen LogP contribution in [-0.2, 0) is 11.3 Å². The molecular weight excluding hydrogens is 272 g/mol.